The Balaban J connectivity index is 1.95. The van der Waals surface area contributed by atoms with Crippen molar-refractivity contribution >= 4 is 11.8 Å². The maximum absolute atomic E-state index is 13.1. The van der Waals surface area contributed by atoms with E-state index in [0.29, 0.717) is 32.5 Å². The van der Waals surface area contributed by atoms with Gasteiger partial charge in [-0.25, -0.2) is 4.39 Å². The van der Waals surface area contributed by atoms with Crippen molar-refractivity contribution < 1.29 is 18.7 Å². The highest BCUT2D eigenvalue weighted by Gasteiger charge is 2.46. The Bertz CT molecular complexity index is 603. The van der Waals surface area contributed by atoms with Gasteiger partial charge in [0.25, 0.3) is 0 Å². The lowest BCUT2D eigenvalue weighted by molar-refractivity contribution is -0.141. The van der Waals surface area contributed by atoms with Crippen LogP contribution < -0.4 is 5.32 Å². The third-order valence-electron chi connectivity index (χ3n) is 4.52. The standard InChI is InChI=1S/C19H27FN2O3/c1-14(2)25-12-4-11-21-18(24)19(3)10-9-17(23)22(19)13-15-5-7-16(20)8-6-15/h5-8,14H,4,9-13H2,1-3H3,(H,21,24). The van der Waals surface area contributed by atoms with Gasteiger partial charge in [-0.1, -0.05) is 12.1 Å². The fourth-order valence-electron chi connectivity index (χ4n) is 2.95. The molecule has 1 aliphatic rings. The van der Waals surface area contributed by atoms with Crippen LogP contribution >= 0.6 is 0 Å². The number of ether oxygens (including phenoxy) is 1. The van der Waals surface area contributed by atoms with E-state index in [2.05, 4.69) is 5.32 Å². The van der Waals surface area contributed by atoms with Gasteiger partial charge < -0.3 is 15.0 Å². The summed E-state index contributed by atoms with van der Waals surface area (Å²) < 4.78 is 18.5. The van der Waals surface area contributed by atoms with Gasteiger partial charge in [-0.15, -0.1) is 0 Å². The number of nitrogens with zero attached hydrogens (tertiary/aromatic N) is 1. The minimum Gasteiger partial charge on any atom is -0.379 e. The van der Waals surface area contributed by atoms with Gasteiger partial charge in [-0.05, 0) is 51.3 Å². The van der Waals surface area contributed by atoms with Gasteiger partial charge in [0.2, 0.25) is 11.8 Å². The van der Waals surface area contributed by atoms with Crippen molar-refractivity contribution in [2.24, 2.45) is 0 Å². The largest absolute Gasteiger partial charge is 0.379 e. The molecule has 0 aromatic heterocycles. The van der Waals surface area contributed by atoms with Crippen molar-refractivity contribution in [3.05, 3.63) is 35.6 Å². The monoisotopic (exact) mass is 350 g/mol. The van der Waals surface area contributed by atoms with Gasteiger partial charge in [0.1, 0.15) is 11.4 Å². The summed E-state index contributed by atoms with van der Waals surface area (Å²) in [4.78, 5) is 26.5. The number of likely N-dealkylation sites (tertiary alicyclic amines) is 1. The van der Waals surface area contributed by atoms with E-state index in [9.17, 15) is 14.0 Å². The van der Waals surface area contributed by atoms with Crippen LogP contribution in [0.25, 0.3) is 0 Å². The number of hydrogen-bond donors (Lipinski definition) is 1. The minimum atomic E-state index is -0.871. The van der Waals surface area contributed by atoms with E-state index in [-0.39, 0.29) is 23.7 Å². The fraction of sp³-hybridized carbons (Fsp3) is 0.579. The average molecular weight is 350 g/mol. The van der Waals surface area contributed by atoms with Crippen LogP contribution in [0, 0.1) is 5.82 Å². The van der Waals surface area contributed by atoms with E-state index < -0.39 is 5.54 Å². The molecule has 5 nitrogen and oxygen atoms in total. The van der Waals surface area contributed by atoms with E-state index in [1.165, 1.54) is 12.1 Å². The molecule has 1 saturated heterocycles. The molecular weight excluding hydrogens is 323 g/mol. The Morgan fingerprint density at radius 3 is 2.68 bits per heavy atom. The summed E-state index contributed by atoms with van der Waals surface area (Å²) in [5.74, 6) is -0.518. The average Bonchev–Trinajstić information content (AvgIpc) is 2.85. The zero-order valence-electron chi connectivity index (χ0n) is 15.2. The lowest BCUT2D eigenvalue weighted by atomic mass is 9.97. The zero-order valence-corrected chi connectivity index (χ0v) is 15.2. The van der Waals surface area contributed by atoms with Crippen LogP contribution in [-0.2, 0) is 20.9 Å². The van der Waals surface area contributed by atoms with E-state index in [1.807, 2.05) is 13.8 Å². The third-order valence-corrected chi connectivity index (χ3v) is 4.52. The summed E-state index contributed by atoms with van der Waals surface area (Å²) in [6.07, 6.45) is 1.74. The maximum Gasteiger partial charge on any atom is 0.245 e. The first-order chi connectivity index (χ1) is 11.8. The summed E-state index contributed by atoms with van der Waals surface area (Å²) in [7, 11) is 0. The molecule has 0 bridgehead atoms. The molecule has 1 atom stereocenters. The number of rotatable bonds is 8. The van der Waals surface area contributed by atoms with Crippen molar-refractivity contribution in [3.63, 3.8) is 0 Å². The number of carbonyl (C=O) groups is 2. The summed E-state index contributed by atoms with van der Waals surface area (Å²) in [6, 6.07) is 6.01. The van der Waals surface area contributed by atoms with Crippen molar-refractivity contribution in [1.82, 2.24) is 10.2 Å². The SMILES string of the molecule is CC(C)OCCCNC(=O)C1(C)CCC(=O)N1Cc1ccc(F)cc1. The van der Waals surface area contributed by atoms with Gasteiger partial charge >= 0.3 is 0 Å². The molecule has 0 saturated carbocycles. The minimum absolute atomic E-state index is 0.0508. The molecule has 0 aliphatic carbocycles. The smallest absolute Gasteiger partial charge is 0.245 e. The molecule has 1 aromatic rings. The van der Waals surface area contributed by atoms with Crippen molar-refractivity contribution in [2.45, 2.75) is 58.2 Å². The highest BCUT2D eigenvalue weighted by molar-refractivity contribution is 5.94. The molecule has 0 radical (unpaired) electrons. The van der Waals surface area contributed by atoms with Crippen LogP contribution in [0.5, 0.6) is 0 Å². The van der Waals surface area contributed by atoms with E-state index >= 15 is 0 Å². The lowest BCUT2D eigenvalue weighted by Crippen LogP contribution is -2.54. The third kappa shape index (κ3) is 5.01. The van der Waals surface area contributed by atoms with Crippen LogP contribution in [0.4, 0.5) is 4.39 Å². The molecule has 6 heteroatoms. The summed E-state index contributed by atoms with van der Waals surface area (Å²) in [6.45, 7) is 7.14. The lowest BCUT2D eigenvalue weighted by Gasteiger charge is -2.34. The maximum atomic E-state index is 13.1. The molecule has 2 rings (SSSR count). The Morgan fingerprint density at radius 1 is 1.36 bits per heavy atom. The van der Waals surface area contributed by atoms with E-state index in [4.69, 9.17) is 4.74 Å². The molecule has 25 heavy (non-hydrogen) atoms. The molecule has 0 spiro atoms. The second-order valence-electron chi connectivity index (χ2n) is 6.91. The second kappa shape index (κ2) is 8.43. The first-order valence-corrected chi connectivity index (χ1v) is 8.78. The van der Waals surface area contributed by atoms with Crippen LogP contribution in [0.3, 0.4) is 0 Å². The first kappa shape index (κ1) is 19.4. The Morgan fingerprint density at radius 2 is 2.04 bits per heavy atom. The predicted molar refractivity (Wildman–Crippen MR) is 93.3 cm³/mol. The van der Waals surface area contributed by atoms with Crippen molar-refractivity contribution in [1.29, 1.82) is 0 Å². The van der Waals surface area contributed by atoms with Crippen LogP contribution in [0.15, 0.2) is 24.3 Å². The van der Waals surface area contributed by atoms with Crippen LogP contribution in [0.2, 0.25) is 0 Å². The molecule has 1 N–H and O–H groups in total. The fourth-order valence-corrected chi connectivity index (χ4v) is 2.95. The van der Waals surface area contributed by atoms with E-state index in [1.54, 1.807) is 24.0 Å². The van der Waals surface area contributed by atoms with Gasteiger partial charge in [0, 0.05) is 26.1 Å². The first-order valence-electron chi connectivity index (χ1n) is 8.78. The summed E-state index contributed by atoms with van der Waals surface area (Å²) >= 11 is 0. The summed E-state index contributed by atoms with van der Waals surface area (Å²) in [5, 5.41) is 2.91. The molecule has 1 fully saturated rings. The van der Waals surface area contributed by atoms with Gasteiger partial charge in [-0.2, -0.15) is 0 Å². The van der Waals surface area contributed by atoms with Crippen LogP contribution in [-0.4, -0.2) is 41.5 Å². The molecule has 1 heterocycles. The number of benzene rings is 1. The zero-order chi connectivity index (χ0) is 18.4. The van der Waals surface area contributed by atoms with Crippen molar-refractivity contribution in [3.8, 4) is 0 Å². The molecule has 138 valence electrons. The highest BCUT2D eigenvalue weighted by Crippen LogP contribution is 2.32. The predicted octanol–water partition coefficient (Wildman–Crippen LogP) is 2.64. The highest BCUT2D eigenvalue weighted by atomic mass is 19.1. The molecular formula is C19H27FN2O3. The Labute approximate surface area is 148 Å². The summed E-state index contributed by atoms with van der Waals surface area (Å²) in [5.41, 5.74) is -0.0642. The molecule has 2 amide bonds. The van der Waals surface area contributed by atoms with Gasteiger partial charge in [0.05, 0.1) is 6.10 Å². The number of amides is 2. The topological polar surface area (TPSA) is 58.6 Å². The van der Waals surface area contributed by atoms with Crippen molar-refractivity contribution in [2.75, 3.05) is 13.2 Å². The van der Waals surface area contributed by atoms with Crippen LogP contribution in [0.1, 0.15) is 45.6 Å². The molecule has 1 unspecified atom stereocenters. The molecule has 1 aromatic carbocycles. The number of carbonyl (C=O) groups excluding carboxylic acids is 2. The van der Waals surface area contributed by atoms with Gasteiger partial charge in [-0.3, -0.25) is 9.59 Å². The Kier molecular flexibility index (Phi) is 6.53. The second-order valence-corrected chi connectivity index (χ2v) is 6.91. The quantitative estimate of drug-likeness (QED) is 0.733. The number of nitrogens with one attached hydrogen (secondary N) is 1. The van der Waals surface area contributed by atoms with E-state index in [0.717, 1.165) is 12.0 Å². The normalized spacial score (nSPS) is 20.4. The number of halogens is 1. The number of hydrogen-bond acceptors (Lipinski definition) is 3. The van der Waals surface area contributed by atoms with Gasteiger partial charge in [0.15, 0.2) is 0 Å². The Hall–Kier alpha value is -1.95. The molecule has 1 aliphatic heterocycles.